The van der Waals surface area contributed by atoms with Gasteiger partial charge in [0.1, 0.15) is 0 Å². The van der Waals surface area contributed by atoms with Gasteiger partial charge < -0.3 is 15.5 Å². The van der Waals surface area contributed by atoms with Crippen LogP contribution >= 0.6 is 0 Å². The van der Waals surface area contributed by atoms with Crippen molar-refractivity contribution < 1.29 is 10.2 Å². The van der Waals surface area contributed by atoms with Crippen LogP contribution in [0.25, 0.3) is 10.8 Å². The van der Waals surface area contributed by atoms with Gasteiger partial charge in [0.05, 0.1) is 17.1 Å². The molecule has 0 saturated carbocycles. The number of unbranched alkanes of at least 4 members (excludes halogenated alkanes) is 11. The minimum Gasteiger partial charge on any atom is -0.504 e. The van der Waals surface area contributed by atoms with Gasteiger partial charge in [-0.2, -0.15) is 0 Å². The number of hydrogen-bond donors (Lipinski definition) is 3. The molecule has 0 amide bonds. The highest BCUT2D eigenvalue weighted by atomic mass is 16.3. The first-order valence-corrected chi connectivity index (χ1v) is 24.9. The van der Waals surface area contributed by atoms with Crippen LogP contribution < -0.4 is 5.32 Å². The van der Waals surface area contributed by atoms with Crippen molar-refractivity contribution in [2.45, 2.75) is 203 Å². The fourth-order valence-electron chi connectivity index (χ4n) is 7.92. The molecule has 0 aliphatic carbocycles. The van der Waals surface area contributed by atoms with Crippen molar-refractivity contribution in [1.29, 1.82) is 0 Å². The Hall–Kier alpha value is -4.12. The molecule has 5 heteroatoms. The largest absolute Gasteiger partial charge is 0.504 e. The molecule has 336 valence electrons. The van der Waals surface area contributed by atoms with Crippen molar-refractivity contribution in [2.75, 3.05) is 11.9 Å². The lowest BCUT2D eigenvalue weighted by Crippen LogP contribution is -2.02. The van der Waals surface area contributed by atoms with Gasteiger partial charge in [0.15, 0.2) is 11.5 Å². The lowest BCUT2D eigenvalue weighted by molar-refractivity contribution is 0.405. The monoisotopic (exact) mass is 832 g/mol. The molecule has 0 unspecified atom stereocenters. The molecule has 0 saturated heterocycles. The molecule has 5 nitrogen and oxygen atoms in total. The Bertz CT molecular complexity index is 1880. The highest BCUT2D eigenvalue weighted by Gasteiger charge is 2.11. The van der Waals surface area contributed by atoms with Gasteiger partial charge in [-0.1, -0.05) is 137 Å². The van der Waals surface area contributed by atoms with Gasteiger partial charge >= 0.3 is 0 Å². The van der Waals surface area contributed by atoms with Crippen LogP contribution in [-0.4, -0.2) is 28.7 Å². The average molecular weight is 832 g/mol. The summed E-state index contributed by atoms with van der Waals surface area (Å²) in [5.74, 6) is -0.0962. The fourth-order valence-corrected chi connectivity index (χ4v) is 7.92. The van der Waals surface area contributed by atoms with E-state index >= 15 is 0 Å². The second-order valence-corrected chi connectivity index (χ2v) is 17.2. The predicted molar refractivity (Wildman–Crippen MR) is 270 cm³/mol. The van der Waals surface area contributed by atoms with Crippen LogP contribution in [0, 0.1) is 0 Å². The third-order valence-electron chi connectivity index (χ3n) is 11.8. The Morgan fingerprint density at radius 3 is 1.49 bits per heavy atom. The SMILES string of the molecule is CCCCC(C=Nc1ccc(CCCC)c(CCCC)c1)=Nc1ccc(CCCC)c(CCCC)c1.CCCCCCCCNc1ccc(CCCC)c2cc(O)c(O)cc12. The van der Waals surface area contributed by atoms with Gasteiger partial charge in [0, 0.05) is 23.8 Å². The molecular weight excluding hydrogens is 747 g/mol. The van der Waals surface area contributed by atoms with E-state index in [-0.39, 0.29) is 11.5 Å². The summed E-state index contributed by atoms with van der Waals surface area (Å²) in [6, 6.07) is 21.3. The molecule has 0 spiro atoms. The Labute approximate surface area is 373 Å². The zero-order chi connectivity index (χ0) is 44.1. The highest BCUT2D eigenvalue weighted by molar-refractivity contribution is 6.31. The van der Waals surface area contributed by atoms with Crippen molar-refractivity contribution in [1.82, 2.24) is 0 Å². The molecule has 0 fully saturated rings. The number of anilines is 1. The number of phenolic OH excluding ortho intramolecular Hbond substituents is 2. The van der Waals surface area contributed by atoms with E-state index in [2.05, 4.69) is 102 Å². The first-order valence-electron chi connectivity index (χ1n) is 24.9. The second-order valence-electron chi connectivity index (χ2n) is 17.2. The van der Waals surface area contributed by atoms with E-state index in [0.29, 0.717) is 0 Å². The van der Waals surface area contributed by atoms with Crippen LogP contribution in [0.5, 0.6) is 11.5 Å². The normalized spacial score (nSPS) is 11.7. The van der Waals surface area contributed by atoms with Crippen LogP contribution in [0.1, 0.15) is 198 Å². The van der Waals surface area contributed by atoms with Gasteiger partial charge in [-0.05, 0) is 159 Å². The zero-order valence-corrected chi connectivity index (χ0v) is 39.8. The predicted octanol–water partition coefficient (Wildman–Crippen LogP) is 17.1. The minimum absolute atomic E-state index is 0.0432. The van der Waals surface area contributed by atoms with Crippen LogP contribution in [0.15, 0.2) is 70.6 Å². The van der Waals surface area contributed by atoms with E-state index < -0.39 is 0 Å². The van der Waals surface area contributed by atoms with Crippen LogP contribution in [0.2, 0.25) is 0 Å². The smallest absolute Gasteiger partial charge is 0.158 e. The van der Waals surface area contributed by atoms with Gasteiger partial charge in [-0.25, -0.2) is 0 Å². The third kappa shape index (κ3) is 18.8. The van der Waals surface area contributed by atoms with E-state index in [9.17, 15) is 10.2 Å². The van der Waals surface area contributed by atoms with Crippen LogP contribution in [0.3, 0.4) is 0 Å². The highest BCUT2D eigenvalue weighted by Crippen LogP contribution is 2.36. The standard InChI is InChI=1S/C34H52N2.C22H33NO2/c1-6-11-16-28-21-23-32(25-30(28)18-13-8-3)35-27-34(20-15-10-5)36-33-24-22-29(17-12-7-2)31(26-33)19-14-9-4;1-3-5-7-8-9-10-14-23-20-13-12-17(11-6-4-2)18-15-21(24)22(25)16-19(18)20/h21-27H,6-20H2,1-5H3;12-13,15-16,23-25H,3-11,14H2,1-2H3. The van der Waals surface area contributed by atoms with Crippen LogP contribution in [-0.2, 0) is 32.1 Å². The van der Waals surface area contributed by atoms with E-state index in [1.165, 1.54) is 124 Å². The Kier molecular flexibility index (Phi) is 25.9. The number of nitrogens with zero attached hydrogens (tertiary/aromatic N) is 2. The first-order chi connectivity index (χ1) is 29.8. The van der Waals surface area contributed by atoms with E-state index in [4.69, 9.17) is 9.98 Å². The number of aryl methyl sites for hydroxylation is 5. The van der Waals surface area contributed by atoms with Crippen molar-refractivity contribution in [2.24, 2.45) is 9.98 Å². The number of fused-ring (bicyclic) bond motifs is 1. The van der Waals surface area contributed by atoms with Crippen molar-refractivity contribution >= 4 is 39.8 Å². The average Bonchev–Trinajstić information content (AvgIpc) is 3.27. The lowest BCUT2D eigenvalue weighted by atomic mass is 9.97. The molecule has 4 aromatic rings. The Morgan fingerprint density at radius 1 is 0.459 bits per heavy atom. The quantitative estimate of drug-likeness (QED) is 0.0290. The molecule has 61 heavy (non-hydrogen) atoms. The zero-order valence-electron chi connectivity index (χ0n) is 39.8. The summed E-state index contributed by atoms with van der Waals surface area (Å²) in [5, 5.41) is 25.4. The Balaban J connectivity index is 0.000000347. The number of aromatic hydroxyl groups is 2. The number of nitrogens with one attached hydrogen (secondary N) is 1. The summed E-state index contributed by atoms with van der Waals surface area (Å²) in [5.41, 5.74) is 11.5. The molecule has 0 heterocycles. The molecule has 3 N–H and O–H groups in total. The van der Waals surface area contributed by atoms with Crippen molar-refractivity contribution in [3.05, 3.63) is 88.5 Å². The summed E-state index contributed by atoms with van der Waals surface area (Å²) < 4.78 is 0. The molecular formula is C56H85N3O2. The molecule has 0 aliphatic rings. The summed E-state index contributed by atoms with van der Waals surface area (Å²) >= 11 is 0. The molecule has 0 aromatic heterocycles. The maximum atomic E-state index is 9.92. The van der Waals surface area contributed by atoms with Gasteiger partial charge in [0.2, 0.25) is 0 Å². The van der Waals surface area contributed by atoms with Crippen molar-refractivity contribution in [3.8, 4) is 11.5 Å². The molecule has 4 aromatic carbocycles. The molecule has 4 rings (SSSR count). The van der Waals surface area contributed by atoms with Gasteiger partial charge in [0.25, 0.3) is 0 Å². The van der Waals surface area contributed by atoms with E-state index in [1.54, 1.807) is 12.1 Å². The van der Waals surface area contributed by atoms with E-state index in [1.807, 2.05) is 6.21 Å². The molecule has 0 atom stereocenters. The summed E-state index contributed by atoms with van der Waals surface area (Å²) in [7, 11) is 0. The first kappa shape index (κ1) is 51.2. The number of benzene rings is 4. The van der Waals surface area contributed by atoms with Gasteiger partial charge in [-0.15, -0.1) is 0 Å². The van der Waals surface area contributed by atoms with Crippen LogP contribution in [0.4, 0.5) is 17.1 Å². The number of aliphatic imine (C=N–C) groups is 2. The third-order valence-corrected chi connectivity index (χ3v) is 11.8. The molecule has 0 aliphatic heterocycles. The fraction of sp³-hybridized carbons (Fsp3) is 0.571. The lowest BCUT2D eigenvalue weighted by Gasteiger charge is -2.14. The number of phenols is 2. The maximum absolute atomic E-state index is 9.92. The van der Waals surface area contributed by atoms with Gasteiger partial charge in [-0.3, -0.25) is 9.98 Å². The summed E-state index contributed by atoms with van der Waals surface area (Å²) in [6.07, 6.45) is 30.8. The minimum atomic E-state index is -0.0530. The summed E-state index contributed by atoms with van der Waals surface area (Å²) in [4.78, 5) is 10.0. The Morgan fingerprint density at radius 2 is 0.918 bits per heavy atom. The van der Waals surface area contributed by atoms with E-state index in [0.717, 1.165) is 97.9 Å². The topological polar surface area (TPSA) is 77.2 Å². The second kappa shape index (κ2) is 30.8. The number of hydrogen-bond acceptors (Lipinski definition) is 5. The molecule has 0 bridgehead atoms. The van der Waals surface area contributed by atoms with Crippen molar-refractivity contribution in [3.63, 3.8) is 0 Å². The maximum Gasteiger partial charge on any atom is 0.158 e. The molecule has 0 radical (unpaired) electrons. The number of rotatable bonds is 29. The summed E-state index contributed by atoms with van der Waals surface area (Å²) in [6.45, 7) is 16.7.